The highest BCUT2D eigenvalue weighted by Crippen LogP contribution is 2.25. The van der Waals surface area contributed by atoms with Crippen LogP contribution in [0.2, 0.25) is 0 Å². The number of hydrogen-bond acceptors (Lipinski definition) is 4. The molecule has 0 saturated heterocycles. The van der Waals surface area contributed by atoms with E-state index in [0.717, 1.165) is 47.5 Å². The fourth-order valence-electron chi connectivity index (χ4n) is 3.88. The summed E-state index contributed by atoms with van der Waals surface area (Å²) < 4.78 is 25.0. The van der Waals surface area contributed by atoms with Crippen LogP contribution >= 0.6 is 0 Å². The number of nitrogens with two attached hydrogens (primary N) is 1. The molecule has 4 aromatic rings. The second kappa shape index (κ2) is 10.6. The standard InChI is InChI=1S/C27H27N3O3S/c28-34(32,33)26-17-15-24(16-18-26)30-27(22-11-5-2-6-12-22)20-23(29-30)13-7-8-14-25(31)19-21-9-3-1-4-10-21/h1-6,9-12,15-18,20H,7-8,13-14,19H2,(H2,28,32,33). The smallest absolute Gasteiger partial charge is 0.238 e. The van der Waals surface area contributed by atoms with Crippen LogP contribution in [0, 0.1) is 0 Å². The minimum Gasteiger partial charge on any atom is -0.299 e. The lowest BCUT2D eigenvalue weighted by molar-refractivity contribution is -0.118. The third-order valence-corrected chi connectivity index (χ3v) is 6.55. The van der Waals surface area contributed by atoms with Crippen LogP contribution in [0.25, 0.3) is 16.9 Å². The van der Waals surface area contributed by atoms with Gasteiger partial charge >= 0.3 is 0 Å². The molecule has 34 heavy (non-hydrogen) atoms. The third-order valence-electron chi connectivity index (χ3n) is 5.62. The van der Waals surface area contributed by atoms with Gasteiger partial charge in [0.25, 0.3) is 0 Å². The summed E-state index contributed by atoms with van der Waals surface area (Å²) in [4.78, 5) is 12.3. The summed E-state index contributed by atoms with van der Waals surface area (Å²) in [5.74, 6) is 0.247. The van der Waals surface area contributed by atoms with Crippen molar-refractivity contribution < 1.29 is 13.2 Å². The fraction of sp³-hybridized carbons (Fsp3) is 0.185. The lowest BCUT2D eigenvalue weighted by atomic mass is 10.0. The van der Waals surface area contributed by atoms with Gasteiger partial charge in [0.05, 0.1) is 22.0 Å². The summed E-state index contributed by atoms with van der Waals surface area (Å²) in [6.07, 6.45) is 3.44. The fourth-order valence-corrected chi connectivity index (χ4v) is 4.40. The summed E-state index contributed by atoms with van der Waals surface area (Å²) in [5, 5.41) is 10.0. The molecule has 0 radical (unpaired) electrons. The Morgan fingerprint density at radius 1 is 0.853 bits per heavy atom. The number of nitrogens with zero attached hydrogens (tertiary/aromatic N) is 2. The molecule has 0 amide bonds. The van der Waals surface area contributed by atoms with E-state index in [-0.39, 0.29) is 10.7 Å². The first-order valence-electron chi connectivity index (χ1n) is 11.2. The number of carbonyl (C=O) groups excluding carboxylic acids is 1. The van der Waals surface area contributed by atoms with Gasteiger partial charge in [-0.2, -0.15) is 5.10 Å². The monoisotopic (exact) mass is 473 g/mol. The number of Topliss-reactive ketones (excluding diaryl/α,β-unsaturated/α-hetero) is 1. The van der Waals surface area contributed by atoms with Gasteiger partial charge in [0.2, 0.25) is 10.0 Å². The Bertz CT molecular complexity index is 1350. The number of aryl methyl sites for hydroxylation is 1. The molecule has 174 valence electrons. The predicted octanol–water partition coefficient (Wildman–Crippen LogP) is 4.71. The normalized spacial score (nSPS) is 11.4. The lowest BCUT2D eigenvalue weighted by Gasteiger charge is -2.08. The summed E-state index contributed by atoms with van der Waals surface area (Å²) >= 11 is 0. The van der Waals surface area contributed by atoms with Gasteiger partial charge in [0.1, 0.15) is 5.78 Å². The highest BCUT2D eigenvalue weighted by molar-refractivity contribution is 7.89. The van der Waals surface area contributed by atoms with Gasteiger partial charge in [0, 0.05) is 18.4 Å². The molecule has 3 aromatic carbocycles. The number of benzene rings is 3. The molecule has 1 heterocycles. The van der Waals surface area contributed by atoms with E-state index < -0.39 is 10.0 Å². The van der Waals surface area contributed by atoms with Gasteiger partial charge in [-0.25, -0.2) is 18.2 Å². The molecule has 7 heteroatoms. The molecule has 0 fully saturated rings. The molecule has 2 N–H and O–H groups in total. The van der Waals surface area contributed by atoms with E-state index >= 15 is 0 Å². The maximum atomic E-state index is 12.3. The average Bonchev–Trinajstić information content (AvgIpc) is 3.27. The molecule has 0 aliphatic carbocycles. The Labute approximate surface area is 200 Å². The SMILES string of the molecule is NS(=O)(=O)c1ccc(-n2nc(CCCCC(=O)Cc3ccccc3)cc2-c2ccccc2)cc1. The van der Waals surface area contributed by atoms with Gasteiger partial charge in [-0.3, -0.25) is 4.79 Å². The van der Waals surface area contributed by atoms with Crippen LogP contribution < -0.4 is 5.14 Å². The first-order chi connectivity index (χ1) is 16.4. The van der Waals surface area contributed by atoms with E-state index in [1.165, 1.54) is 12.1 Å². The van der Waals surface area contributed by atoms with Crippen molar-refractivity contribution in [1.82, 2.24) is 9.78 Å². The Morgan fingerprint density at radius 3 is 2.15 bits per heavy atom. The minimum absolute atomic E-state index is 0.0602. The molecule has 0 atom stereocenters. The van der Waals surface area contributed by atoms with Crippen molar-refractivity contribution in [2.75, 3.05) is 0 Å². The van der Waals surface area contributed by atoms with E-state index in [9.17, 15) is 13.2 Å². The summed E-state index contributed by atoms with van der Waals surface area (Å²) in [6.45, 7) is 0. The van der Waals surface area contributed by atoms with E-state index in [1.54, 1.807) is 12.1 Å². The molecule has 0 aliphatic heterocycles. The number of hydrogen-bond donors (Lipinski definition) is 1. The number of carbonyl (C=O) groups is 1. The minimum atomic E-state index is -3.76. The van der Waals surface area contributed by atoms with E-state index in [4.69, 9.17) is 10.2 Å². The molecule has 0 unspecified atom stereocenters. The molecule has 0 spiro atoms. The van der Waals surface area contributed by atoms with Crippen LogP contribution in [-0.2, 0) is 27.7 Å². The molecule has 4 rings (SSSR count). The molecule has 0 aliphatic rings. The zero-order valence-electron chi connectivity index (χ0n) is 18.8. The first kappa shape index (κ1) is 23.6. The van der Waals surface area contributed by atoms with Gasteiger partial charge < -0.3 is 0 Å². The molecule has 1 aromatic heterocycles. The summed E-state index contributed by atoms with van der Waals surface area (Å²) in [6, 6.07) is 28.1. The lowest BCUT2D eigenvalue weighted by Crippen LogP contribution is -2.12. The van der Waals surface area contributed by atoms with Crippen molar-refractivity contribution >= 4 is 15.8 Å². The predicted molar refractivity (Wildman–Crippen MR) is 133 cm³/mol. The van der Waals surface area contributed by atoms with Crippen molar-refractivity contribution in [3.63, 3.8) is 0 Å². The van der Waals surface area contributed by atoms with Crippen LogP contribution in [0.3, 0.4) is 0 Å². The van der Waals surface area contributed by atoms with Crippen LogP contribution in [0.15, 0.2) is 95.9 Å². The van der Waals surface area contributed by atoms with Crippen LogP contribution in [0.1, 0.15) is 30.5 Å². The van der Waals surface area contributed by atoms with Crippen LogP contribution in [0.4, 0.5) is 0 Å². The molecular formula is C27H27N3O3S. The van der Waals surface area contributed by atoms with Gasteiger partial charge in [-0.05, 0) is 55.2 Å². The highest BCUT2D eigenvalue weighted by Gasteiger charge is 2.14. The van der Waals surface area contributed by atoms with Crippen molar-refractivity contribution in [3.8, 4) is 16.9 Å². The highest BCUT2D eigenvalue weighted by atomic mass is 32.2. The second-order valence-electron chi connectivity index (χ2n) is 8.25. The topological polar surface area (TPSA) is 95.1 Å². The Kier molecular flexibility index (Phi) is 7.35. The first-order valence-corrected chi connectivity index (χ1v) is 12.8. The number of rotatable bonds is 10. The maximum Gasteiger partial charge on any atom is 0.238 e. The Hall–Kier alpha value is -3.55. The molecular weight excluding hydrogens is 446 g/mol. The number of ketones is 1. The average molecular weight is 474 g/mol. The second-order valence-corrected chi connectivity index (χ2v) is 9.81. The number of aromatic nitrogens is 2. The van der Waals surface area contributed by atoms with E-state index in [0.29, 0.717) is 12.8 Å². The largest absolute Gasteiger partial charge is 0.299 e. The van der Waals surface area contributed by atoms with Gasteiger partial charge in [0.15, 0.2) is 0 Å². The number of unbranched alkanes of at least 4 members (excludes halogenated alkanes) is 1. The van der Waals surface area contributed by atoms with Crippen molar-refractivity contribution in [3.05, 3.63) is 102 Å². The zero-order valence-corrected chi connectivity index (χ0v) is 19.6. The van der Waals surface area contributed by atoms with E-state index in [1.807, 2.05) is 65.3 Å². The Balaban J connectivity index is 1.46. The van der Waals surface area contributed by atoms with Crippen molar-refractivity contribution in [2.45, 2.75) is 37.0 Å². The van der Waals surface area contributed by atoms with Gasteiger partial charge in [-0.15, -0.1) is 0 Å². The number of primary sulfonamides is 1. The summed E-state index contributed by atoms with van der Waals surface area (Å²) in [7, 11) is -3.76. The maximum absolute atomic E-state index is 12.3. The van der Waals surface area contributed by atoms with Gasteiger partial charge in [-0.1, -0.05) is 60.7 Å². The quantitative estimate of drug-likeness (QED) is 0.337. The van der Waals surface area contributed by atoms with E-state index in [2.05, 4.69) is 6.07 Å². The van der Waals surface area contributed by atoms with Crippen LogP contribution in [-0.4, -0.2) is 24.0 Å². The molecule has 0 bridgehead atoms. The molecule has 6 nitrogen and oxygen atoms in total. The molecule has 0 saturated carbocycles. The van der Waals surface area contributed by atoms with Crippen molar-refractivity contribution in [2.24, 2.45) is 5.14 Å². The van der Waals surface area contributed by atoms with Crippen molar-refractivity contribution in [1.29, 1.82) is 0 Å². The Morgan fingerprint density at radius 2 is 1.50 bits per heavy atom. The summed E-state index contributed by atoms with van der Waals surface area (Å²) in [5.41, 5.74) is 4.64. The van der Waals surface area contributed by atoms with Crippen LogP contribution in [0.5, 0.6) is 0 Å². The third kappa shape index (κ3) is 6.07. The zero-order chi connectivity index (χ0) is 24.0. The number of sulfonamides is 1.